The lowest BCUT2D eigenvalue weighted by molar-refractivity contribution is -0.116. The van der Waals surface area contributed by atoms with Gasteiger partial charge in [-0.05, 0) is 43.2 Å². The molecule has 1 amide bonds. The van der Waals surface area contributed by atoms with Gasteiger partial charge in [-0.2, -0.15) is 0 Å². The first-order valence-electron chi connectivity index (χ1n) is 8.36. The Morgan fingerprint density at radius 1 is 1.04 bits per heavy atom. The van der Waals surface area contributed by atoms with E-state index in [2.05, 4.69) is 5.32 Å². The van der Waals surface area contributed by atoms with E-state index in [0.29, 0.717) is 35.8 Å². The van der Waals surface area contributed by atoms with Crippen LogP contribution in [-0.2, 0) is 16.0 Å². The molecule has 2 aromatic carbocycles. The summed E-state index contributed by atoms with van der Waals surface area (Å²) in [4.78, 5) is 24.0. The summed E-state index contributed by atoms with van der Waals surface area (Å²) in [6.07, 6.45) is 0.775. The summed E-state index contributed by atoms with van der Waals surface area (Å²) in [5.74, 6) is 0.695. The summed E-state index contributed by atoms with van der Waals surface area (Å²) < 4.78 is 15.6. The zero-order chi connectivity index (χ0) is 18.9. The number of aryl methyl sites for hydroxylation is 1. The summed E-state index contributed by atoms with van der Waals surface area (Å²) in [6, 6.07) is 12.2. The van der Waals surface area contributed by atoms with Gasteiger partial charge in [0.05, 0.1) is 26.4 Å². The summed E-state index contributed by atoms with van der Waals surface area (Å²) in [5.41, 5.74) is 1.85. The Morgan fingerprint density at radius 2 is 1.81 bits per heavy atom. The fourth-order valence-electron chi connectivity index (χ4n) is 2.56. The fourth-order valence-corrected chi connectivity index (χ4v) is 2.56. The van der Waals surface area contributed by atoms with E-state index in [4.69, 9.17) is 14.2 Å². The molecule has 0 bridgehead atoms. The van der Waals surface area contributed by atoms with Crippen LogP contribution in [0.4, 0.5) is 5.69 Å². The van der Waals surface area contributed by atoms with Gasteiger partial charge in [0, 0.05) is 12.1 Å². The molecule has 0 heterocycles. The van der Waals surface area contributed by atoms with Crippen LogP contribution in [0, 0.1) is 0 Å². The van der Waals surface area contributed by atoms with Crippen molar-refractivity contribution in [2.45, 2.75) is 19.8 Å². The largest absolute Gasteiger partial charge is 0.493 e. The molecule has 0 saturated heterocycles. The molecule has 0 aromatic heterocycles. The quantitative estimate of drug-likeness (QED) is 0.733. The number of para-hydroxylation sites is 1. The van der Waals surface area contributed by atoms with E-state index in [-0.39, 0.29) is 12.3 Å². The first kappa shape index (κ1) is 19.3. The van der Waals surface area contributed by atoms with Gasteiger partial charge in [-0.25, -0.2) is 4.79 Å². The third-order valence-electron chi connectivity index (χ3n) is 3.76. The van der Waals surface area contributed by atoms with Crippen LogP contribution in [0.3, 0.4) is 0 Å². The Morgan fingerprint density at radius 3 is 2.50 bits per heavy atom. The van der Waals surface area contributed by atoms with Crippen molar-refractivity contribution in [3.05, 3.63) is 53.6 Å². The first-order valence-corrected chi connectivity index (χ1v) is 8.36. The number of methoxy groups -OCH3 is 2. The van der Waals surface area contributed by atoms with Crippen LogP contribution in [0.15, 0.2) is 42.5 Å². The molecule has 0 unspecified atom stereocenters. The molecule has 2 rings (SSSR count). The van der Waals surface area contributed by atoms with Crippen LogP contribution in [0.25, 0.3) is 0 Å². The Bertz CT molecular complexity index is 773. The summed E-state index contributed by atoms with van der Waals surface area (Å²) >= 11 is 0. The number of amides is 1. The van der Waals surface area contributed by atoms with Gasteiger partial charge >= 0.3 is 5.97 Å². The van der Waals surface area contributed by atoms with E-state index in [1.807, 2.05) is 18.2 Å². The number of hydrogen-bond acceptors (Lipinski definition) is 5. The SMILES string of the molecule is CCOC(=O)c1cccc(NC(=O)CCc2cccc(OC)c2OC)c1. The number of ether oxygens (including phenoxy) is 3. The van der Waals surface area contributed by atoms with Crippen molar-refractivity contribution in [2.24, 2.45) is 0 Å². The smallest absolute Gasteiger partial charge is 0.338 e. The van der Waals surface area contributed by atoms with Crippen molar-refractivity contribution in [1.29, 1.82) is 0 Å². The molecule has 26 heavy (non-hydrogen) atoms. The molecule has 0 aliphatic carbocycles. The maximum atomic E-state index is 12.2. The monoisotopic (exact) mass is 357 g/mol. The van der Waals surface area contributed by atoms with Crippen LogP contribution >= 0.6 is 0 Å². The zero-order valence-corrected chi connectivity index (χ0v) is 15.2. The molecule has 6 nitrogen and oxygen atoms in total. The normalized spacial score (nSPS) is 10.1. The molecule has 1 N–H and O–H groups in total. The maximum absolute atomic E-state index is 12.2. The van der Waals surface area contributed by atoms with Gasteiger partial charge in [0.1, 0.15) is 0 Å². The van der Waals surface area contributed by atoms with Crippen molar-refractivity contribution in [3.63, 3.8) is 0 Å². The molecule has 0 radical (unpaired) electrons. The number of nitrogens with one attached hydrogen (secondary N) is 1. The van der Waals surface area contributed by atoms with Crippen molar-refractivity contribution in [3.8, 4) is 11.5 Å². The number of benzene rings is 2. The average molecular weight is 357 g/mol. The van der Waals surface area contributed by atoms with E-state index in [1.165, 1.54) is 0 Å². The molecular formula is C20H23NO5. The van der Waals surface area contributed by atoms with Gasteiger partial charge in [-0.15, -0.1) is 0 Å². The van der Waals surface area contributed by atoms with Crippen LogP contribution in [0.5, 0.6) is 11.5 Å². The second-order valence-electron chi connectivity index (χ2n) is 5.50. The topological polar surface area (TPSA) is 73.9 Å². The summed E-state index contributed by atoms with van der Waals surface area (Å²) in [5, 5.41) is 2.80. The highest BCUT2D eigenvalue weighted by molar-refractivity contribution is 5.94. The van der Waals surface area contributed by atoms with E-state index >= 15 is 0 Å². The lowest BCUT2D eigenvalue weighted by Gasteiger charge is -2.12. The molecule has 0 saturated carbocycles. The molecule has 6 heteroatoms. The number of carbonyl (C=O) groups excluding carboxylic acids is 2. The Hall–Kier alpha value is -3.02. The number of esters is 1. The summed E-state index contributed by atoms with van der Waals surface area (Å²) in [6.45, 7) is 2.05. The third kappa shape index (κ3) is 4.99. The molecule has 0 spiro atoms. The van der Waals surface area contributed by atoms with E-state index < -0.39 is 5.97 Å². The molecule has 0 fully saturated rings. The van der Waals surface area contributed by atoms with Crippen LogP contribution in [0.2, 0.25) is 0 Å². The third-order valence-corrected chi connectivity index (χ3v) is 3.76. The minimum Gasteiger partial charge on any atom is -0.493 e. The Kier molecular flexibility index (Phi) is 7.02. The molecule has 0 aliphatic rings. The highest BCUT2D eigenvalue weighted by Crippen LogP contribution is 2.31. The molecular weight excluding hydrogens is 334 g/mol. The van der Waals surface area contributed by atoms with Gasteiger partial charge in [-0.1, -0.05) is 18.2 Å². The number of anilines is 1. The van der Waals surface area contributed by atoms with Gasteiger partial charge in [0.15, 0.2) is 11.5 Å². The second-order valence-corrected chi connectivity index (χ2v) is 5.50. The molecule has 0 aliphatic heterocycles. The average Bonchev–Trinajstić information content (AvgIpc) is 2.66. The minimum atomic E-state index is -0.412. The van der Waals surface area contributed by atoms with Crippen LogP contribution < -0.4 is 14.8 Å². The molecule has 0 atom stereocenters. The highest BCUT2D eigenvalue weighted by Gasteiger charge is 2.12. The van der Waals surface area contributed by atoms with Crippen molar-refractivity contribution >= 4 is 17.6 Å². The zero-order valence-electron chi connectivity index (χ0n) is 15.2. The predicted molar refractivity (Wildman–Crippen MR) is 98.9 cm³/mol. The lowest BCUT2D eigenvalue weighted by Crippen LogP contribution is -2.13. The number of rotatable bonds is 8. The highest BCUT2D eigenvalue weighted by atomic mass is 16.5. The van der Waals surface area contributed by atoms with Gasteiger partial charge in [0.2, 0.25) is 5.91 Å². The Balaban J connectivity index is 2.00. The first-order chi connectivity index (χ1) is 12.6. The van der Waals surface area contributed by atoms with E-state index in [0.717, 1.165) is 5.56 Å². The minimum absolute atomic E-state index is 0.157. The van der Waals surface area contributed by atoms with Gasteiger partial charge < -0.3 is 19.5 Å². The van der Waals surface area contributed by atoms with Crippen LogP contribution in [-0.4, -0.2) is 32.7 Å². The van der Waals surface area contributed by atoms with E-state index in [1.54, 1.807) is 45.4 Å². The Labute approximate surface area is 153 Å². The van der Waals surface area contributed by atoms with Gasteiger partial charge in [0.25, 0.3) is 0 Å². The maximum Gasteiger partial charge on any atom is 0.338 e. The second kappa shape index (κ2) is 9.46. The van der Waals surface area contributed by atoms with Crippen molar-refractivity contribution in [1.82, 2.24) is 0 Å². The van der Waals surface area contributed by atoms with E-state index in [9.17, 15) is 9.59 Å². The van der Waals surface area contributed by atoms with Gasteiger partial charge in [-0.3, -0.25) is 4.79 Å². The fraction of sp³-hybridized carbons (Fsp3) is 0.300. The van der Waals surface area contributed by atoms with Crippen molar-refractivity contribution < 1.29 is 23.8 Å². The summed E-state index contributed by atoms with van der Waals surface area (Å²) in [7, 11) is 3.15. The van der Waals surface area contributed by atoms with Crippen LogP contribution in [0.1, 0.15) is 29.3 Å². The number of carbonyl (C=O) groups is 2. The standard InChI is InChI=1S/C20H23NO5/c1-4-26-20(23)15-8-5-9-16(13-15)21-18(22)12-11-14-7-6-10-17(24-2)19(14)25-3/h5-10,13H,4,11-12H2,1-3H3,(H,21,22). The molecule has 2 aromatic rings. The number of hydrogen-bond donors (Lipinski definition) is 1. The molecule has 138 valence electrons. The lowest BCUT2D eigenvalue weighted by atomic mass is 10.1. The predicted octanol–water partition coefficient (Wildman–Crippen LogP) is 3.45. The van der Waals surface area contributed by atoms with Crippen molar-refractivity contribution in [2.75, 3.05) is 26.1 Å².